The molecule has 0 saturated heterocycles. The molecule has 1 N–H and O–H groups in total. The summed E-state index contributed by atoms with van der Waals surface area (Å²) < 4.78 is 0. The van der Waals surface area contributed by atoms with Gasteiger partial charge in [-0.3, -0.25) is 9.79 Å². The predicted molar refractivity (Wildman–Crippen MR) is 79.0 cm³/mol. The van der Waals surface area contributed by atoms with Crippen LogP contribution in [0, 0.1) is 5.41 Å². The molecule has 0 aromatic rings. The molecule has 1 rings (SSSR count). The Kier molecular flexibility index (Phi) is 5.08. The molecule has 18 heavy (non-hydrogen) atoms. The van der Waals surface area contributed by atoms with Crippen LogP contribution in [-0.4, -0.2) is 47.9 Å². The molecule has 0 saturated carbocycles. The minimum atomic E-state index is -0.218. The van der Waals surface area contributed by atoms with Gasteiger partial charge in [0.25, 0.3) is 0 Å². The normalized spacial score (nSPS) is 22.1. The summed E-state index contributed by atoms with van der Waals surface area (Å²) in [4.78, 5) is 18.1. The third-order valence-electron chi connectivity index (χ3n) is 3.05. The summed E-state index contributed by atoms with van der Waals surface area (Å²) in [5.74, 6) is 1.15. The van der Waals surface area contributed by atoms with Crippen LogP contribution in [0.2, 0.25) is 0 Å². The van der Waals surface area contributed by atoms with Gasteiger partial charge in [-0.1, -0.05) is 32.5 Å². The van der Waals surface area contributed by atoms with Gasteiger partial charge in [0.15, 0.2) is 5.17 Å². The maximum atomic E-state index is 11.8. The monoisotopic (exact) mass is 271 g/mol. The summed E-state index contributed by atoms with van der Waals surface area (Å²) in [6.07, 6.45) is 1.11. The minimum absolute atomic E-state index is 0.0798. The fourth-order valence-electron chi connectivity index (χ4n) is 1.85. The van der Waals surface area contributed by atoms with E-state index in [4.69, 9.17) is 4.99 Å². The van der Waals surface area contributed by atoms with Crippen LogP contribution in [0.3, 0.4) is 0 Å². The minimum Gasteiger partial charge on any atom is -0.353 e. The second kappa shape index (κ2) is 5.95. The fraction of sp³-hybridized carbons (Fsp3) is 0.846. The van der Waals surface area contributed by atoms with Crippen LogP contribution in [0.5, 0.6) is 0 Å². The van der Waals surface area contributed by atoms with Crippen molar-refractivity contribution in [1.29, 1.82) is 0 Å². The van der Waals surface area contributed by atoms with Crippen molar-refractivity contribution >= 4 is 22.8 Å². The molecule has 2 atom stereocenters. The Balaban J connectivity index is 2.67. The molecule has 1 amide bonds. The Morgan fingerprint density at radius 3 is 2.61 bits per heavy atom. The van der Waals surface area contributed by atoms with Crippen molar-refractivity contribution in [3.05, 3.63) is 0 Å². The first-order valence-electron chi connectivity index (χ1n) is 6.40. The van der Waals surface area contributed by atoms with E-state index < -0.39 is 0 Å². The molecule has 1 heterocycles. The van der Waals surface area contributed by atoms with Crippen LogP contribution in [0.15, 0.2) is 4.99 Å². The Labute approximate surface area is 115 Å². The third kappa shape index (κ3) is 4.19. The van der Waals surface area contributed by atoms with Gasteiger partial charge in [-0.2, -0.15) is 0 Å². The largest absolute Gasteiger partial charge is 0.353 e. The topological polar surface area (TPSA) is 44.7 Å². The summed E-state index contributed by atoms with van der Waals surface area (Å²) in [5.41, 5.74) is 0.183. The molecular formula is C13H25N3OS. The lowest BCUT2D eigenvalue weighted by atomic mass is 9.85. The molecule has 2 unspecified atom stereocenters. The first-order valence-corrected chi connectivity index (χ1v) is 7.38. The van der Waals surface area contributed by atoms with Gasteiger partial charge in [0.2, 0.25) is 5.91 Å². The third-order valence-corrected chi connectivity index (χ3v) is 3.99. The highest BCUT2D eigenvalue weighted by atomic mass is 32.2. The highest BCUT2D eigenvalue weighted by molar-refractivity contribution is 8.13. The van der Waals surface area contributed by atoms with Gasteiger partial charge >= 0.3 is 0 Å². The number of nitrogens with zero attached hydrogens (tertiary/aromatic N) is 2. The number of likely N-dealkylation sites (N-methyl/N-ethyl adjacent to an activating group) is 1. The number of aliphatic imine (C=N–C) groups is 1. The number of amides is 1. The van der Waals surface area contributed by atoms with Crippen molar-refractivity contribution in [2.45, 2.75) is 46.2 Å². The van der Waals surface area contributed by atoms with E-state index in [9.17, 15) is 4.79 Å². The maximum Gasteiger partial charge on any atom is 0.244 e. The lowest BCUT2D eigenvalue weighted by Gasteiger charge is -2.31. The molecule has 0 radical (unpaired) electrons. The standard InChI is InChI=1S/C13H25N3OS/c1-9(11(17)16(5)6)14-12-15-10(7-8-18-12)13(2,3)4/h9-10H,7-8H2,1-6H3,(H,14,15). The number of thioether (sulfide) groups is 1. The van der Waals surface area contributed by atoms with E-state index in [1.165, 1.54) is 0 Å². The average molecular weight is 271 g/mol. The molecule has 0 aliphatic carbocycles. The molecule has 5 heteroatoms. The van der Waals surface area contributed by atoms with Crippen molar-refractivity contribution in [3.8, 4) is 0 Å². The molecule has 1 aliphatic rings. The fourth-order valence-corrected chi connectivity index (χ4v) is 2.85. The zero-order valence-electron chi connectivity index (χ0n) is 12.3. The SMILES string of the molecule is CC(NC1=NC(C(C)(C)C)CCS1)C(=O)N(C)C. The van der Waals surface area contributed by atoms with Crippen molar-refractivity contribution in [1.82, 2.24) is 10.2 Å². The Bertz CT molecular complexity index is 334. The van der Waals surface area contributed by atoms with E-state index >= 15 is 0 Å². The van der Waals surface area contributed by atoms with E-state index in [0.717, 1.165) is 17.3 Å². The number of nitrogens with one attached hydrogen (secondary N) is 1. The predicted octanol–water partition coefficient (Wildman–Crippen LogP) is 1.96. The Hall–Kier alpha value is -0.710. The Morgan fingerprint density at radius 2 is 2.11 bits per heavy atom. The average Bonchev–Trinajstić information content (AvgIpc) is 2.27. The molecule has 0 spiro atoms. The van der Waals surface area contributed by atoms with Crippen LogP contribution in [0.25, 0.3) is 0 Å². The number of hydrogen-bond donors (Lipinski definition) is 1. The maximum absolute atomic E-state index is 11.8. The van der Waals surface area contributed by atoms with Gasteiger partial charge in [-0.05, 0) is 18.8 Å². The van der Waals surface area contributed by atoms with Gasteiger partial charge in [-0.15, -0.1) is 0 Å². The molecule has 0 bridgehead atoms. The van der Waals surface area contributed by atoms with E-state index in [-0.39, 0.29) is 17.4 Å². The Morgan fingerprint density at radius 1 is 1.50 bits per heavy atom. The van der Waals surface area contributed by atoms with Gasteiger partial charge in [0.1, 0.15) is 6.04 Å². The van der Waals surface area contributed by atoms with Gasteiger partial charge in [-0.25, -0.2) is 0 Å². The van der Waals surface area contributed by atoms with Crippen molar-refractivity contribution in [2.24, 2.45) is 10.4 Å². The molecule has 104 valence electrons. The van der Waals surface area contributed by atoms with Gasteiger partial charge < -0.3 is 10.2 Å². The lowest BCUT2D eigenvalue weighted by molar-refractivity contribution is -0.130. The number of carbonyl (C=O) groups is 1. The zero-order chi connectivity index (χ0) is 13.9. The van der Waals surface area contributed by atoms with Crippen LogP contribution in [0.1, 0.15) is 34.1 Å². The highest BCUT2D eigenvalue weighted by Gasteiger charge is 2.28. The summed E-state index contributed by atoms with van der Waals surface area (Å²) >= 11 is 1.71. The quantitative estimate of drug-likeness (QED) is 0.835. The van der Waals surface area contributed by atoms with Crippen LogP contribution >= 0.6 is 11.8 Å². The molecule has 4 nitrogen and oxygen atoms in total. The van der Waals surface area contributed by atoms with Gasteiger partial charge in [0, 0.05) is 19.8 Å². The first kappa shape index (κ1) is 15.3. The second-order valence-corrected chi connectivity index (χ2v) is 7.14. The van der Waals surface area contributed by atoms with Crippen molar-refractivity contribution in [3.63, 3.8) is 0 Å². The number of carbonyl (C=O) groups excluding carboxylic acids is 1. The van der Waals surface area contributed by atoms with Crippen LogP contribution in [-0.2, 0) is 4.79 Å². The van der Waals surface area contributed by atoms with Crippen LogP contribution < -0.4 is 5.32 Å². The highest BCUT2D eigenvalue weighted by Crippen LogP contribution is 2.30. The van der Waals surface area contributed by atoms with Crippen molar-refractivity contribution < 1.29 is 4.79 Å². The van der Waals surface area contributed by atoms with Crippen LogP contribution in [0.4, 0.5) is 0 Å². The summed E-state index contributed by atoms with van der Waals surface area (Å²) in [6.45, 7) is 8.52. The van der Waals surface area contributed by atoms with Gasteiger partial charge in [0.05, 0.1) is 6.04 Å². The van der Waals surface area contributed by atoms with E-state index in [0.29, 0.717) is 6.04 Å². The van der Waals surface area contributed by atoms with Crippen molar-refractivity contribution in [2.75, 3.05) is 19.8 Å². The molecule has 0 aromatic carbocycles. The lowest BCUT2D eigenvalue weighted by Crippen LogP contribution is -2.45. The summed E-state index contributed by atoms with van der Waals surface area (Å²) in [6, 6.07) is 0.118. The molecule has 1 aliphatic heterocycles. The van der Waals surface area contributed by atoms with E-state index in [1.807, 2.05) is 6.92 Å². The molecular weight excluding hydrogens is 246 g/mol. The summed E-state index contributed by atoms with van der Waals surface area (Å²) in [7, 11) is 3.54. The van der Waals surface area contributed by atoms with E-state index in [1.54, 1.807) is 30.8 Å². The first-order chi connectivity index (χ1) is 8.21. The zero-order valence-corrected chi connectivity index (χ0v) is 13.1. The molecule has 0 fully saturated rings. The second-order valence-electron chi connectivity index (χ2n) is 6.05. The number of amidine groups is 1. The van der Waals surface area contributed by atoms with E-state index in [2.05, 4.69) is 26.1 Å². The number of rotatable bonds is 2. The number of hydrogen-bond acceptors (Lipinski definition) is 4. The smallest absolute Gasteiger partial charge is 0.244 e. The molecule has 0 aromatic heterocycles. The summed E-state index contributed by atoms with van der Waals surface area (Å²) in [5, 5.41) is 4.13.